The number of anilines is 1. The van der Waals surface area contributed by atoms with Crippen molar-refractivity contribution in [3.8, 4) is 0 Å². The van der Waals surface area contributed by atoms with E-state index >= 15 is 0 Å². The first-order chi connectivity index (χ1) is 18.2. The third-order valence-electron chi connectivity index (χ3n) is 6.51. The molecule has 0 amide bonds. The van der Waals surface area contributed by atoms with Crippen LogP contribution >= 0.6 is 0 Å². The molecule has 0 saturated heterocycles. The van der Waals surface area contributed by atoms with E-state index in [4.69, 9.17) is 0 Å². The van der Waals surface area contributed by atoms with E-state index in [1.165, 1.54) is 50.2 Å². The van der Waals surface area contributed by atoms with Gasteiger partial charge in [-0.15, -0.1) is 0 Å². The van der Waals surface area contributed by atoms with Gasteiger partial charge >= 0.3 is 0 Å². The molecule has 1 heteroatoms. The summed E-state index contributed by atoms with van der Waals surface area (Å²) in [4.78, 5) is 2.11. The normalized spacial score (nSPS) is 10.9. The van der Waals surface area contributed by atoms with Crippen molar-refractivity contribution >= 4 is 29.0 Å². The average molecular weight is 478 g/mol. The molecular weight excluding hydrogens is 446 g/mol. The number of hydrogen-bond donors (Lipinski definition) is 0. The zero-order valence-corrected chi connectivity index (χ0v) is 21.4. The lowest BCUT2D eigenvalue weighted by molar-refractivity contribution is 1.13. The Morgan fingerprint density at radius 3 is 1.08 bits per heavy atom. The summed E-state index contributed by atoms with van der Waals surface area (Å²) < 4.78 is 0. The van der Waals surface area contributed by atoms with Crippen LogP contribution in [0.25, 0.3) is 23.3 Å². The molecule has 0 aliphatic heterocycles. The predicted octanol–water partition coefficient (Wildman–Crippen LogP) is 8.93. The highest BCUT2D eigenvalue weighted by molar-refractivity contribution is 6.04. The van der Waals surface area contributed by atoms with E-state index in [9.17, 15) is 0 Å². The van der Waals surface area contributed by atoms with E-state index in [1.807, 2.05) is 0 Å². The summed E-state index contributed by atoms with van der Waals surface area (Å²) in [6, 6.07) is 49.6. The second-order valence-corrected chi connectivity index (χ2v) is 9.29. The van der Waals surface area contributed by atoms with Crippen LogP contribution in [-0.4, -0.2) is 14.1 Å². The maximum Gasteiger partial charge on any atom is 0.0361 e. The fourth-order valence-electron chi connectivity index (χ4n) is 4.56. The minimum atomic E-state index is 1.17. The van der Waals surface area contributed by atoms with Crippen molar-refractivity contribution in [2.24, 2.45) is 0 Å². The highest BCUT2D eigenvalue weighted by Crippen LogP contribution is 2.36. The monoisotopic (exact) mass is 477 g/mol. The van der Waals surface area contributed by atoms with E-state index in [1.54, 1.807) is 0 Å². The molecule has 0 atom stereocenters. The maximum absolute atomic E-state index is 2.24. The van der Waals surface area contributed by atoms with Crippen molar-refractivity contribution in [2.45, 2.75) is 0 Å². The average Bonchev–Trinajstić information content (AvgIpc) is 2.97. The van der Waals surface area contributed by atoms with Gasteiger partial charge in [0.25, 0.3) is 0 Å². The van der Waals surface area contributed by atoms with Gasteiger partial charge in [0.2, 0.25) is 0 Å². The summed E-state index contributed by atoms with van der Waals surface area (Å²) in [6.07, 6.45) is 4.34. The van der Waals surface area contributed by atoms with Crippen molar-refractivity contribution in [2.75, 3.05) is 19.0 Å². The van der Waals surface area contributed by atoms with Gasteiger partial charge in [-0.25, -0.2) is 0 Å². The van der Waals surface area contributed by atoms with Crippen molar-refractivity contribution < 1.29 is 0 Å². The second-order valence-electron chi connectivity index (χ2n) is 9.29. The molecule has 0 N–H and O–H groups in total. The molecule has 0 heterocycles. The molecule has 0 spiro atoms. The Labute approximate surface area is 220 Å². The molecule has 5 rings (SSSR count). The first-order valence-corrected chi connectivity index (χ1v) is 12.7. The van der Waals surface area contributed by atoms with E-state index in [2.05, 4.69) is 171 Å². The number of rotatable bonds is 7. The quantitative estimate of drug-likeness (QED) is 0.212. The molecule has 0 bridgehead atoms. The zero-order valence-electron chi connectivity index (χ0n) is 21.4. The van der Waals surface area contributed by atoms with Gasteiger partial charge in [-0.3, -0.25) is 0 Å². The molecular formula is C36H31N. The Bertz CT molecular complexity index is 1440. The summed E-state index contributed by atoms with van der Waals surface area (Å²) >= 11 is 0. The Morgan fingerprint density at radius 1 is 0.405 bits per heavy atom. The third kappa shape index (κ3) is 5.79. The lowest BCUT2D eigenvalue weighted by atomic mass is 9.85. The maximum atomic E-state index is 2.24. The van der Waals surface area contributed by atoms with Crippen LogP contribution in [0.15, 0.2) is 140 Å². The minimum Gasteiger partial charge on any atom is -0.378 e. The van der Waals surface area contributed by atoms with Crippen molar-refractivity contribution in [1.82, 2.24) is 0 Å². The number of nitrogens with zero attached hydrogens (tertiary/aromatic N) is 1. The largest absolute Gasteiger partial charge is 0.378 e. The van der Waals surface area contributed by atoms with Gasteiger partial charge in [0.1, 0.15) is 0 Å². The van der Waals surface area contributed by atoms with E-state index in [-0.39, 0.29) is 0 Å². The molecule has 0 saturated carbocycles. The van der Waals surface area contributed by atoms with E-state index in [0.29, 0.717) is 0 Å². The van der Waals surface area contributed by atoms with Crippen LogP contribution in [0.5, 0.6) is 0 Å². The molecule has 5 aromatic carbocycles. The Kier molecular flexibility index (Phi) is 7.43. The van der Waals surface area contributed by atoms with Crippen LogP contribution in [0.1, 0.15) is 33.4 Å². The van der Waals surface area contributed by atoms with Gasteiger partial charge in [0.15, 0.2) is 0 Å². The van der Waals surface area contributed by atoms with Crippen molar-refractivity contribution in [1.29, 1.82) is 0 Å². The Balaban J connectivity index is 1.58. The summed E-state index contributed by atoms with van der Waals surface area (Å²) in [6.45, 7) is 0. The van der Waals surface area contributed by atoms with Crippen LogP contribution < -0.4 is 4.90 Å². The van der Waals surface area contributed by atoms with Crippen LogP contribution in [0.4, 0.5) is 5.69 Å². The Morgan fingerprint density at radius 2 is 0.730 bits per heavy atom. The van der Waals surface area contributed by atoms with Crippen LogP contribution in [-0.2, 0) is 0 Å². The van der Waals surface area contributed by atoms with Crippen molar-refractivity contribution in [3.63, 3.8) is 0 Å². The van der Waals surface area contributed by atoms with E-state index in [0.717, 1.165) is 0 Å². The Hall–Kier alpha value is -4.62. The molecule has 0 radical (unpaired) electrons. The summed E-state index contributed by atoms with van der Waals surface area (Å²) in [5, 5.41) is 0. The highest BCUT2D eigenvalue weighted by atomic mass is 15.1. The molecule has 0 aliphatic carbocycles. The molecule has 0 fully saturated rings. The zero-order chi connectivity index (χ0) is 25.5. The molecule has 180 valence electrons. The van der Waals surface area contributed by atoms with Gasteiger partial charge in [-0.05, 0) is 56.7 Å². The third-order valence-corrected chi connectivity index (χ3v) is 6.51. The molecule has 1 nitrogen and oxygen atoms in total. The van der Waals surface area contributed by atoms with Crippen molar-refractivity contribution in [3.05, 3.63) is 173 Å². The van der Waals surface area contributed by atoms with Crippen LogP contribution in [0.3, 0.4) is 0 Å². The van der Waals surface area contributed by atoms with Gasteiger partial charge in [-0.2, -0.15) is 0 Å². The predicted molar refractivity (Wildman–Crippen MR) is 160 cm³/mol. The smallest absolute Gasteiger partial charge is 0.0361 e. The van der Waals surface area contributed by atoms with Gasteiger partial charge in [0, 0.05) is 19.8 Å². The number of benzene rings is 5. The van der Waals surface area contributed by atoms with Gasteiger partial charge in [0.05, 0.1) is 0 Å². The summed E-state index contributed by atoms with van der Waals surface area (Å²) in [5.74, 6) is 0. The number of hydrogen-bond acceptors (Lipinski definition) is 1. The molecule has 37 heavy (non-hydrogen) atoms. The molecule has 0 aliphatic rings. The van der Waals surface area contributed by atoms with Gasteiger partial charge < -0.3 is 4.90 Å². The second kappa shape index (κ2) is 11.4. The fourth-order valence-corrected chi connectivity index (χ4v) is 4.56. The first kappa shape index (κ1) is 24.1. The van der Waals surface area contributed by atoms with E-state index < -0.39 is 0 Å². The molecule has 0 aromatic heterocycles. The topological polar surface area (TPSA) is 3.24 Å². The van der Waals surface area contributed by atoms with Crippen LogP contribution in [0, 0.1) is 0 Å². The summed E-state index contributed by atoms with van der Waals surface area (Å²) in [5.41, 5.74) is 10.8. The van der Waals surface area contributed by atoms with Gasteiger partial charge in [-0.1, -0.05) is 140 Å². The first-order valence-electron chi connectivity index (χ1n) is 12.7. The van der Waals surface area contributed by atoms with Crippen LogP contribution in [0.2, 0.25) is 0 Å². The molecule has 0 unspecified atom stereocenters. The fraction of sp³-hybridized carbons (Fsp3) is 0.0556. The highest BCUT2D eigenvalue weighted by Gasteiger charge is 2.15. The summed E-state index contributed by atoms with van der Waals surface area (Å²) in [7, 11) is 4.12. The molecule has 5 aromatic rings. The lowest BCUT2D eigenvalue weighted by Gasteiger charge is -2.18. The minimum absolute atomic E-state index is 1.17. The standard InChI is InChI=1S/C36H31N/c1-37(2)34-26-22-29(23-27-34)19-18-28-20-24-33(25-21-28)36(32-16-10-5-11-17-32)35(30-12-6-3-7-13-30)31-14-8-4-9-15-31/h3-27H,1-2H3/b19-18+. The SMILES string of the molecule is CN(C)c1ccc(/C=C/c2ccc(C(=C(c3ccccc3)c3ccccc3)c3ccccc3)cc2)cc1. The lowest BCUT2D eigenvalue weighted by Crippen LogP contribution is -2.07.